The number of thioether (sulfide) groups is 1. The summed E-state index contributed by atoms with van der Waals surface area (Å²) in [5.74, 6) is -0.0778. The molecule has 0 spiro atoms. The molecule has 1 aromatic carbocycles. The third-order valence-electron chi connectivity index (χ3n) is 2.85. The van der Waals surface area contributed by atoms with Gasteiger partial charge in [-0.15, -0.1) is 0 Å². The van der Waals surface area contributed by atoms with E-state index < -0.39 is 0 Å². The summed E-state index contributed by atoms with van der Waals surface area (Å²) in [6, 6.07) is 7.74. The number of rotatable bonds is 5. The van der Waals surface area contributed by atoms with Crippen molar-refractivity contribution in [3.8, 4) is 0 Å². The number of amidine groups is 1. The fourth-order valence-electron chi connectivity index (χ4n) is 1.91. The quantitative estimate of drug-likeness (QED) is 0.775. The number of aliphatic imine (C=N–C) groups is 1. The van der Waals surface area contributed by atoms with Crippen LogP contribution >= 0.6 is 11.8 Å². The normalized spacial score (nSPS) is 17.2. The Morgan fingerprint density at radius 2 is 2.09 bits per heavy atom. The standard InChI is InChI=1S/C15H20N4O2S/c1-10(8-21-3)16-15-19-18-14(9-22-15)12-4-6-13(7-5-12)17-11(2)20/h4-7,9-10,18H,8H2,1-3H3,(H,16,19)(H,17,20)/t10-/m0/s1. The van der Waals surface area contributed by atoms with E-state index in [1.807, 2.05) is 36.6 Å². The van der Waals surface area contributed by atoms with Gasteiger partial charge in [0.15, 0.2) is 5.17 Å². The van der Waals surface area contributed by atoms with E-state index in [0.717, 1.165) is 22.1 Å². The lowest BCUT2D eigenvalue weighted by atomic mass is 10.1. The molecule has 0 unspecified atom stereocenters. The van der Waals surface area contributed by atoms with Gasteiger partial charge in [-0.05, 0) is 19.1 Å². The van der Waals surface area contributed by atoms with Crippen molar-refractivity contribution >= 4 is 34.2 Å². The van der Waals surface area contributed by atoms with E-state index >= 15 is 0 Å². The zero-order chi connectivity index (χ0) is 15.9. The third kappa shape index (κ3) is 4.78. The van der Waals surface area contributed by atoms with E-state index in [9.17, 15) is 4.79 Å². The first-order chi connectivity index (χ1) is 10.6. The molecule has 1 aliphatic heterocycles. The number of carbonyl (C=O) groups excluding carboxylic acids is 1. The monoisotopic (exact) mass is 320 g/mol. The van der Waals surface area contributed by atoms with Crippen LogP contribution < -0.4 is 16.2 Å². The zero-order valence-electron chi connectivity index (χ0n) is 12.8. The molecular weight excluding hydrogens is 300 g/mol. The summed E-state index contributed by atoms with van der Waals surface area (Å²) in [6.07, 6.45) is 0. The molecule has 3 N–H and O–H groups in total. The van der Waals surface area contributed by atoms with Gasteiger partial charge in [0.1, 0.15) is 0 Å². The predicted octanol–water partition coefficient (Wildman–Crippen LogP) is 2.18. The molecule has 6 nitrogen and oxygen atoms in total. The Bertz CT molecular complexity index is 584. The lowest BCUT2D eigenvalue weighted by molar-refractivity contribution is -0.114. The Kier molecular flexibility index (Phi) is 5.85. The highest BCUT2D eigenvalue weighted by molar-refractivity contribution is 8.16. The second-order valence-corrected chi connectivity index (χ2v) is 5.75. The summed E-state index contributed by atoms with van der Waals surface area (Å²) in [6.45, 7) is 4.08. The SMILES string of the molecule is COC[C@H](C)N=C1NNC(c2ccc(NC(C)=O)cc2)=CS1. The molecule has 0 radical (unpaired) electrons. The third-order valence-corrected chi connectivity index (χ3v) is 3.64. The van der Waals surface area contributed by atoms with Crippen LogP contribution in [0.1, 0.15) is 19.4 Å². The van der Waals surface area contributed by atoms with Crippen LogP contribution in [-0.4, -0.2) is 30.8 Å². The lowest BCUT2D eigenvalue weighted by Crippen LogP contribution is -2.37. The number of nitrogens with one attached hydrogen (secondary N) is 3. The first-order valence-electron chi connectivity index (χ1n) is 6.92. The lowest BCUT2D eigenvalue weighted by Gasteiger charge is -2.20. The number of ether oxygens (including phenoxy) is 1. The van der Waals surface area contributed by atoms with Gasteiger partial charge in [0.05, 0.1) is 18.3 Å². The van der Waals surface area contributed by atoms with Crippen molar-refractivity contribution in [3.63, 3.8) is 0 Å². The van der Waals surface area contributed by atoms with Gasteiger partial charge in [-0.25, -0.2) is 0 Å². The maximum atomic E-state index is 11.0. The largest absolute Gasteiger partial charge is 0.382 e. The highest BCUT2D eigenvalue weighted by Crippen LogP contribution is 2.21. The number of hydrazine groups is 1. The van der Waals surface area contributed by atoms with Crippen LogP contribution in [0.5, 0.6) is 0 Å². The minimum absolute atomic E-state index is 0.0778. The fraction of sp³-hybridized carbons (Fsp3) is 0.333. The van der Waals surface area contributed by atoms with Crippen LogP contribution in [0.2, 0.25) is 0 Å². The fourth-order valence-corrected chi connectivity index (χ4v) is 2.69. The van der Waals surface area contributed by atoms with Gasteiger partial charge in [-0.3, -0.25) is 20.6 Å². The molecule has 118 valence electrons. The van der Waals surface area contributed by atoms with Gasteiger partial charge >= 0.3 is 0 Å². The van der Waals surface area contributed by atoms with Crippen molar-refractivity contribution < 1.29 is 9.53 Å². The minimum Gasteiger partial charge on any atom is -0.382 e. The average molecular weight is 320 g/mol. The van der Waals surface area contributed by atoms with Gasteiger partial charge in [-0.2, -0.15) is 0 Å². The van der Waals surface area contributed by atoms with Crippen LogP contribution in [0.3, 0.4) is 0 Å². The molecule has 0 saturated heterocycles. The van der Waals surface area contributed by atoms with E-state index in [1.54, 1.807) is 7.11 Å². The summed E-state index contributed by atoms with van der Waals surface area (Å²) >= 11 is 1.52. The Morgan fingerprint density at radius 3 is 2.64 bits per heavy atom. The van der Waals surface area contributed by atoms with E-state index in [1.165, 1.54) is 18.7 Å². The number of carbonyl (C=O) groups is 1. The van der Waals surface area contributed by atoms with E-state index in [4.69, 9.17) is 4.74 Å². The summed E-state index contributed by atoms with van der Waals surface area (Å²) in [5.41, 5.74) is 8.96. The molecule has 1 atom stereocenters. The molecule has 0 aliphatic carbocycles. The van der Waals surface area contributed by atoms with Gasteiger partial charge in [-0.1, -0.05) is 23.9 Å². The zero-order valence-corrected chi connectivity index (χ0v) is 13.7. The summed E-state index contributed by atoms with van der Waals surface area (Å²) < 4.78 is 5.06. The van der Waals surface area contributed by atoms with Crippen LogP contribution in [0.15, 0.2) is 34.7 Å². The molecule has 22 heavy (non-hydrogen) atoms. The maximum absolute atomic E-state index is 11.0. The highest BCUT2D eigenvalue weighted by Gasteiger charge is 2.11. The first-order valence-corrected chi connectivity index (χ1v) is 7.80. The van der Waals surface area contributed by atoms with Crippen molar-refractivity contribution in [2.45, 2.75) is 19.9 Å². The second-order valence-electron chi connectivity index (χ2n) is 4.90. The number of hydrogen-bond acceptors (Lipinski definition) is 5. The van der Waals surface area contributed by atoms with Gasteiger partial charge in [0, 0.05) is 30.7 Å². The molecule has 7 heteroatoms. The number of amides is 1. The summed E-state index contributed by atoms with van der Waals surface area (Å²) in [7, 11) is 1.67. The van der Waals surface area contributed by atoms with Crippen LogP contribution in [0, 0.1) is 0 Å². The molecule has 1 amide bonds. The van der Waals surface area contributed by atoms with Crippen molar-refractivity contribution in [2.75, 3.05) is 19.0 Å². The predicted molar refractivity (Wildman–Crippen MR) is 91.4 cm³/mol. The number of benzene rings is 1. The smallest absolute Gasteiger partial charge is 0.221 e. The van der Waals surface area contributed by atoms with E-state index in [-0.39, 0.29) is 11.9 Å². The van der Waals surface area contributed by atoms with Crippen molar-refractivity contribution in [2.24, 2.45) is 4.99 Å². The molecule has 0 fully saturated rings. The number of hydrogen-bond donors (Lipinski definition) is 3. The number of anilines is 1. The molecule has 0 aromatic heterocycles. The molecule has 0 saturated carbocycles. The Morgan fingerprint density at radius 1 is 1.36 bits per heavy atom. The molecular formula is C15H20N4O2S. The first kappa shape index (κ1) is 16.4. The van der Waals surface area contributed by atoms with Crippen LogP contribution in [0.4, 0.5) is 5.69 Å². The number of nitrogens with zero attached hydrogens (tertiary/aromatic N) is 1. The van der Waals surface area contributed by atoms with Gasteiger partial charge in [0.2, 0.25) is 5.91 Å². The molecule has 1 aliphatic rings. The molecule has 1 heterocycles. The van der Waals surface area contributed by atoms with Gasteiger partial charge < -0.3 is 10.1 Å². The maximum Gasteiger partial charge on any atom is 0.221 e. The van der Waals surface area contributed by atoms with E-state index in [0.29, 0.717) is 6.61 Å². The van der Waals surface area contributed by atoms with Crippen LogP contribution in [0.25, 0.3) is 5.70 Å². The Hall–Kier alpha value is -1.99. The number of methoxy groups -OCH3 is 1. The Balaban J connectivity index is 2.00. The molecule has 1 aromatic rings. The van der Waals surface area contributed by atoms with E-state index in [2.05, 4.69) is 21.2 Å². The Labute approximate surface area is 134 Å². The molecule has 0 bridgehead atoms. The van der Waals surface area contributed by atoms with Crippen LogP contribution in [-0.2, 0) is 9.53 Å². The topological polar surface area (TPSA) is 74.8 Å². The van der Waals surface area contributed by atoms with Crippen molar-refractivity contribution in [1.29, 1.82) is 0 Å². The summed E-state index contributed by atoms with van der Waals surface area (Å²) in [4.78, 5) is 15.5. The summed E-state index contributed by atoms with van der Waals surface area (Å²) in [5, 5.41) is 5.56. The average Bonchev–Trinajstić information content (AvgIpc) is 2.48. The van der Waals surface area contributed by atoms with Gasteiger partial charge in [0.25, 0.3) is 0 Å². The minimum atomic E-state index is -0.0778. The second kappa shape index (κ2) is 7.86. The molecule has 2 rings (SSSR count). The highest BCUT2D eigenvalue weighted by atomic mass is 32.2. The van der Waals surface area contributed by atoms with Crippen molar-refractivity contribution in [3.05, 3.63) is 35.2 Å². The van der Waals surface area contributed by atoms with Crippen molar-refractivity contribution in [1.82, 2.24) is 10.9 Å².